The van der Waals surface area contributed by atoms with Crippen LogP contribution >= 0.6 is 0 Å². The highest BCUT2D eigenvalue weighted by Crippen LogP contribution is 2.29. The summed E-state index contributed by atoms with van der Waals surface area (Å²) in [4.78, 5) is 1.97. The van der Waals surface area contributed by atoms with Crippen LogP contribution in [-0.4, -0.2) is 18.3 Å². The molecule has 0 aliphatic carbocycles. The van der Waals surface area contributed by atoms with Crippen molar-refractivity contribution in [3.63, 3.8) is 0 Å². The van der Waals surface area contributed by atoms with E-state index in [1.165, 1.54) is 6.07 Å². The molecular weight excluding hydrogens is 269 g/mol. The maximum Gasteiger partial charge on any atom is 0.146 e. The standard InChI is InChI=1S/C17H18FNO2/c1-12(20)13-6-7-16(15(18)10-13)19-8-9-21-17-5-3-2-4-14(17)11-19/h2-7,10,12,20H,8-9,11H2,1H3/t12-/m1/s1. The molecule has 0 saturated carbocycles. The minimum atomic E-state index is -0.665. The summed E-state index contributed by atoms with van der Waals surface area (Å²) < 4.78 is 20.0. The van der Waals surface area contributed by atoms with Crippen LogP contribution in [-0.2, 0) is 6.54 Å². The molecule has 1 atom stereocenters. The normalized spacial score (nSPS) is 15.9. The van der Waals surface area contributed by atoms with E-state index in [-0.39, 0.29) is 5.82 Å². The minimum absolute atomic E-state index is 0.312. The number of aliphatic hydroxyl groups is 1. The molecule has 1 N–H and O–H groups in total. The molecule has 110 valence electrons. The van der Waals surface area contributed by atoms with Crippen LogP contribution in [0.4, 0.5) is 10.1 Å². The Morgan fingerprint density at radius 2 is 2.05 bits per heavy atom. The largest absolute Gasteiger partial charge is 0.491 e. The van der Waals surface area contributed by atoms with Crippen molar-refractivity contribution in [1.29, 1.82) is 0 Å². The number of aliphatic hydroxyl groups excluding tert-OH is 1. The molecule has 0 aromatic heterocycles. The van der Waals surface area contributed by atoms with Gasteiger partial charge in [0.15, 0.2) is 0 Å². The predicted molar refractivity (Wildman–Crippen MR) is 80.0 cm³/mol. The Morgan fingerprint density at radius 1 is 1.24 bits per heavy atom. The lowest BCUT2D eigenvalue weighted by Gasteiger charge is -2.23. The van der Waals surface area contributed by atoms with E-state index in [9.17, 15) is 9.50 Å². The summed E-state index contributed by atoms with van der Waals surface area (Å²) in [7, 11) is 0. The Morgan fingerprint density at radius 3 is 2.81 bits per heavy atom. The summed E-state index contributed by atoms with van der Waals surface area (Å²) >= 11 is 0. The van der Waals surface area contributed by atoms with Crippen molar-refractivity contribution in [3.8, 4) is 5.75 Å². The zero-order chi connectivity index (χ0) is 14.8. The van der Waals surface area contributed by atoms with E-state index in [2.05, 4.69) is 0 Å². The third-order valence-electron chi connectivity index (χ3n) is 3.75. The van der Waals surface area contributed by atoms with Gasteiger partial charge in [0.25, 0.3) is 0 Å². The lowest BCUT2D eigenvalue weighted by molar-refractivity contribution is 0.199. The SMILES string of the molecule is C[C@@H](O)c1ccc(N2CCOc3ccccc3C2)c(F)c1. The third kappa shape index (κ3) is 2.85. The first kappa shape index (κ1) is 13.9. The fourth-order valence-corrected chi connectivity index (χ4v) is 2.57. The van der Waals surface area contributed by atoms with Crippen LogP contribution in [0.3, 0.4) is 0 Å². The lowest BCUT2D eigenvalue weighted by atomic mass is 10.1. The van der Waals surface area contributed by atoms with Crippen molar-refractivity contribution < 1.29 is 14.2 Å². The summed E-state index contributed by atoms with van der Waals surface area (Å²) in [6.07, 6.45) is -0.665. The molecule has 0 spiro atoms. The Labute approximate surface area is 123 Å². The van der Waals surface area contributed by atoms with Gasteiger partial charge >= 0.3 is 0 Å². The Bertz CT molecular complexity index is 642. The molecule has 0 fully saturated rings. The number of para-hydroxylation sites is 1. The van der Waals surface area contributed by atoms with Gasteiger partial charge in [-0.2, -0.15) is 0 Å². The van der Waals surface area contributed by atoms with Crippen molar-refractivity contribution >= 4 is 5.69 Å². The second-order valence-electron chi connectivity index (χ2n) is 5.26. The Hall–Kier alpha value is -2.07. The van der Waals surface area contributed by atoms with Gasteiger partial charge in [0.05, 0.1) is 18.3 Å². The highest BCUT2D eigenvalue weighted by molar-refractivity contribution is 5.51. The Kier molecular flexibility index (Phi) is 3.80. The zero-order valence-corrected chi connectivity index (χ0v) is 11.9. The van der Waals surface area contributed by atoms with Gasteiger partial charge in [-0.25, -0.2) is 4.39 Å². The van der Waals surface area contributed by atoms with E-state index in [4.69, 9.17) is 4.74 Å². The lowest BCUT2D eigenvalue weighted by Crippen LogP contribution is -2.26. The van der Waals surface area contributed by atoms with Gasteiger partial charge in [-0.15, -0.1) is 0 Å². The van der Waals surface area contributed by atoms with Crippen LogP contribution in [0.1, 0.15) is 24.2 Å². The first-order chi connectivity index (χ1) is 10.1. The smallest absolute Gasteiger partial charge is 0.146 e. The number of nitrogens with zero attached hydrogens (tertiary/aromatic N) is 1. The molecule has 2 aromatic carbocycles. The van der Waals surface area contributed by atoms with Crippen LogP contribution in [0.15, 0.2) is 42.5 Å². The van der Waals surface area contributed by atoms with E-state index in [0.717, 1.165) is 11.3 Å². The molecule has 1 aliphatic rings. The average molecular weight is 287 g/mol. The van der Waals surface area contributed by atoms with Crippen LogP contribution in [0.2, 0.25) is 0 Å². The molecule has 3 rings (SSSR count). The predicted octanol–water partition coefficient (Wildman–Crippen LogP) is 3.28. The van der Waals surface area contributed by atoms with Crippen molar-refractivity contribution in [3.05, 3.63) is 59.4 Å². The molecular formula is C17H18FNO2. The van der Waals surface area contributed by atoms with Gasteiger partial charge in [0.2, 0.25) is 0 Å². The second-order valence-corrected chi connectivity index (χ2v) is 5.26. The number of rotatable bonds is 2. The molecule has 2 aromatic rings. The number of fused-ring (bicyclic) bond motifs is 1. The van der Waals surface area contributed by atoms with Crippen molar-refractivity contribution in [2.24, 2.45) is 0 Å². The summed E-state index contributed by atoms with van der Waals surface area (Å²) in [6.45, 7) is 3.39. The number of hydrogen-bond acceptors (Lipinski definition) is 3. The van der Waals surface area contributed by atoms with Crippen LogP contribution in [0.25, 0.3) is 0 Å². The average Bonchev–Trinajstić information content (AvgIpc) is 2.69. The number of anilines is 1. The summed E-state index contributed by atoms with van der Waals surface area (Å²) in [5.74, 6) is 0.550. The molecule has 3 nitrogen and oxygen atoms in total. The monoisotopic (exact) mass is 287 g/mol. The number of hydrogen-bond donors (Lipinski definition) is 1. The number of ether oxygens (including phenoxy) is 1. The zero-order valence-electron chi connectivity index (χ0n) is 11.9. The molecule has 0 bridgehead atoms. The van der Waals surface area contributed by atoms with Gasteiger partial charge in [0, 0.05) is 12.1 Å². The summed E-state index contributed by atoms with van der Waals surface area (Å²) in [5, 5.41) is 9.52. The van der Waals surface area contributed by atoms with Gasteiger partial charge in [0.1, 0.15) is 18.2 Å². The van der Waals surface area contributed by atoms with E-state index in [0.29, 0.717) is 30.9 Å². The highest BCUT2D eigenvalue weighted by atomic mass is 19.1. The maximum atomic E-state index is 14.3. The highest BCUT2D eigenvalue weighted by Gasteiger charge is 2.18. The molecule has 1 heterocycles. The van der Waals surface area contributed by atoms with E-state index >= 15 is 0 Å². The van der Waals surface area contributed by atoms with Gasteiger partial charge in [-0.3, -0.25) is 0 Å². The van der Waals surface area contributed by atoms with E-state index < -0.39 is 6.10 Å². The number of halogens is 1. The quantitative estimate of drug-likeness (QED) is 0.920. The first-order valence-electron chi connectivity index (χ1n) is 7.08. The van der Waals surface area contributed by atoms with Crippen molar-refractivity contribution in [2.45, 2.75) is 19.6 Å². The molecule has 21 heavy (non-hydrogen) atoms. The van der Waals surface area contributed by atoms with E-state index in [1.54, 1.807) is 19.1 Å². The molecule has 0 unspecified atom stereocenters. The van der Waals surface area contributed by atoms with Gasteiger partial charge in [-0.1, -0.05) is 24.3 Å². The van der Waals surface area contributed by atoms with Gasteiger partial charge < -0.3 is 14.7 Å². The molecule has 1 aliphatic heterocycles. The Balaban J connectivity index is 1.91. The minimum Gasteiger partial charge on any atom is -0.491 e. The van der Waals surface area contributed by atoms with Crippen LogP contribution in [0, 0.1) is 5.82 Å². The maximum absolute atomic E-state index is 14.3. The second kappa shape index (κ2) is 5.74. The first-order valence-corrected chi connectivity index (χ1v) is 7.08. The molecule has 0 saturated heterocycles. The number of benzene rings is 2. The van der Waals surface area contributed by atoms with Crippen LogP contribution < -0.4 is 9.64 Å². The topological polar surface area (TPSA) is 32.7 Å². The summed E-state index contributed by atoms with van der Waals surface area (Å²) in [5.41, 5.74) is 2.18. The fraction of sp³-hybridized carbons (Fsp3) is 0.294. The molecule has 0 radical (unpaired) electrons. The fourth-order valence-electron chi connectivity index (χ4n) is 2.57. The van der Waals surface area contributed by atoms with Crippen LogP contribution in [0.5, 0.6) is 5.75 Å². The van der Waals surface area contributed by atoms with Crippen molar-refractivity contribution in [2.75, 3.05) is 18.1 Å². The van der Waals surface area contributed by atoms with Gasteiger partial charge in [-0.05, 0) is 30.7 Å². The van der Waals surface area contributed by atoms with E-state index in [1.807, 2.05) is 29.2 Å². The molecule has 4 heteroatoms. The molecule has 0 amide bonds. The third-order valence-corrected chi connectivity index (χ3v) is 3.75. The van der Waals surface area contributed by atoms with Crippen molar-refractivity contribution in [1.82, 2.24) is 0 Å². The summed E-state index contributed by atoms with van der Waals surface area (Å²) in [6, 6.07) is 12.7.